The number of nitrogens with zero attached hydrogens (tertiary/aromatic N) is 1. The van der Waals surface area contributed by atoms with Crippen molar-refractivity contribution in [3.05, 3.63) is 51.4 Å². The number of carbonyl (C=O) groups is 2. The smallest absolute Gasteiger partial charge is 0.257 e. The summed E-state index contributed by atoms with van der Waals surface area (Å²) in [6.07, 6.45) is 2.91. The number of rotatable bonds is 3. The minimum atomic E-state index is -0.156. The molecule has 5 nitrogen and oxygen atoms in total. The minimum Gasteiger partial charge on any atom is -0.372 e. The lowest BCUT2D eigenvalue weighted by Gasteiger charge is -2.36. The van der Waals surface area contributed by atoms with Crippen molar-refractivity contribution in [1.29, 1.82) is 0 Å². The molecule has 178 valence electrons. The van der Waals surface area contributed by atoms with Crippen LogP contribution in [0.2, 0.25) is 0 Å². The van der Waals surface area contributed by atoms with E-state index in [0.717, 1.165) is 30.4 Å². The number of hydrogen-bond acceptors (Lipinski definition) is 4. The maximum atomic E-state index is 13.8. The summed E-state index contributed by atoms with van der Waals surface area (Å²) in [5.74, 6) is 0.426. The highest BCUT2D eigenvalue weighted by Gasteiger charge is 2.36. The fourth-order valence-corrected chi connectivity index (χ4v) is 6.45. The van der Waals surface area contributed by atoms with Gasteiger partial charge in [-0.3, -0.25) is 9.59 Å². The van der Waals surface area contributed by atoms with Crippen molar-refractivity contribution < 1.29 is 14.3 Å². The van der Waals surface area contributed by atoms with Crippen LogP contribution in [-0.4, -0.2) is 42.0 Å². The van der Waals surface area contributed by atoms with Gasteiger partial charge in [0.2, 0.25) is 0 Å². The van der Waals surface area contributed by atoms with E-state index in [1.165, 1.54) is 4.88 Å². The fourth-order valence-electron chi connectivity index (χ4n) is 5.14. The molecule has 1 aliphatic heterocycles. The molecule has 2 amide bonds. The van der Waals surface area contributed by atoms with Crippen molar-refractivity contribution in [3.8, 4) is 0 Å². The molecule has 0 unspecified atom stereocenters. The second-order valence-electron chi connectivity index (χ2n) is 10.8. The topological polar surface area (TPSA) is 58.6 Å². The molecule has 4 rings (SSSR count). The SMILES string of the molecule is Cc1ccccc1C(=O)Nc1sc2c(c1C(=O)N1C[C@@H](C)O[C@@H](C)C1)CC[C@H](C(C)(C)C)C2. The number of ether oxygens (including phenoxy) is 1. The Labute approximate surface area is 201 Å². The van der Waals surface area contributed by atoms with E-state index >= 15 is 0 Å². The summed E-state index contributed by atoms with van der Waals surface area (Å²) in [7, 11) is 0. The number of amides is 2. The van der Waals surface area contributed by atoms with E-state index in [9.17, 15) is 9.59 Å². The highest BCUT2D eigenvalue weighted by atomic mass is 32.1. The molecule has 1 aromatic carbocycles. The number of thiophene rings is 1. The van der Waals surface area contributed by atoms with E-state index in [-0.39, 0.29) is 29.4 Å². The van der Waals surface area contributed by atoms with Gasteiger partial charge in [-0.15, -0.1) is 11.3 Å². The first kappa shape index (κ1) is 24.0. The predicted octanol–water partition coefficient (Wildman–Crippen LogP) is 5.71. The Balaban J connectivity index is 1.71. The number of hydrogen-bond donors (Lipinski definition) is 1. The van der Waals surface area contributed by atoms with Gasteiger partial charge in [0.05, 0.1) is 17.8 Å². The van der Waals surface area contributed by atoms with Crippen molar-refractivity contribution in [2.45, 2.75) is 73.0 Å². The average Bonchev–Trinajstić information content (AvgIpc) is 3.09. The Morgan fingerprint density at radius 2 is 1.79 bits per heavy atom. The number of carbonyl (C=O) groups excluding carboxylic acids is 2. The Kier molecular flexibility index (Phi) is 6.70. The molecule has 0 spiro atoms. The highest BCUT2D eigenvalue weighted by molar-refractivity contribution is 7.17. The van der Waals surface area contributed by atoms with Gasteiger partial charge >= 0.3 is 0 Å². The molecule has 2 heterocycles. The molecule has 0 saturated carbocycles. The van der Waals surface area contributed by atoms with Crippen LogP contribution < -0.4 is 5.32 Å². The largest absolute Gasteiger partial charge is 0.372 e. The first-order chi connectivity index (χ1) is 15.5. The number of fused-ring (bicyclic) bond motifs is 1. The van der Waals surface area contributed by atoms with Gasteiger partial charge in [-0.1, -0.05) is 39.0 Å². The van der Waals surface area contributed by atoms with Crippen LogP contribution >= 0.6 is 11.3 Å². The van der Waals surface area contributed by atoms with E-state index in [0.29, 0.717) is 35.1 Å². The van der Waals surface area contributed by atoms with Crippen LogP contribution in [0.15, 0.2) is 24.3 Å². The maximum absolute atomic E-state index is 13.8. The summed E-state index contributed by atoms with van der Waals surface area (Å²) in [4.78, 5) is 30.2. The van der Waals surface area contributed by atoms with Crippen LogP contribution in [0.4, 0.5) is 5.00 Å². The Morgan fingerprint density at radius 3 is 2.42 bits per heavy atom. The molecule has 2 aliphatic rings. The molecule has 1 aliphatic carbocycles. The van der Waals surface area contributed by atoms with Gasteiger partial charge in [-0.2, -0.15) is 0 Å². The minimum absolute atomic E-state index is 0.00226. The zero-order chi connectivity index (χ0) is 23.9. The van der Waals surface area contributed by atoms with Crippen molar-refractivity contribution in [3.63, 3.8) is 0 Å². The van der Waals surface area contributed by atoms with E-state index in [4.69, 9.17) is 4.74 Å². The molecular weight excluding hydrogens is 432 g/mol. The van der Waals surface area contributed by atoms with Gasteiger partial charge in [0.25, 0.3) is 11.8 Å². The molecule has 33 heavy (non-hydrogen) atoms. The van der Waals surface area contributed by atoms with Gasteiger partial charge in [0.1, 0.15) is 5.00 Å². The summed E-state index contributed by atoms with van der Waals surface area (Å²) in [6.45, 7) is 14.0. The lowest BCUT2D eigenvalue weighted by atomic mass is 9.72. The third-order valence-corrected chi connectivity index (χ3v) is 8.20. The quantitative estimate of drug-likeness (QED) is 0.628. The van der Waals surface area contributed by atoms with E-state index < -0.39 is 0 Å². The van der Waals surface area contributed by atoms with Gasteiger partial charge in [0.15, 0.2) is 0 Å². The monoisotopic (exact) mass is 468 g/mol. The van der Waals surface area contributed by atoms with E-state index in [2.05, 4.69) is 26.1 Å². The number of morpholine rings is 1. The van der Waals surface area contributed by atoms with Crippen LogP contribution in [0.25, 0.3) is 0 Å². The summed E-state index contributed by atoms with van der Waals surface area (Å²) < 4.78 is 5.85. The second kappa shape index (κ2) is 9.22. The number of benzene rings is 1. The van der Waals surface area contributed by atoms with Crippen molar-refractivity contribution in [1.82, 2.24) is 4.90 Å². The predicted molar refractivity (Wildman–Crippen MR) is 134 cm³/mol. The third kappa shape index (κ3) is 5.02. The number of aryl methyl sites for hydroxylation is 1. The van der Waals surface area contributed by atoms with Gasteiger partial charge in [-0.05, 0) is 68.6 Å². The maximum Gasteiger partial charge on any atom is 0.257 e. The first-order valence-electron chi connectivity index (χ1n) is 12.0. The molecule has 6 heteroatoms. The van der Waals surface area contributed by atoms with Crippen LogP contribution in [0.3, 0.4) is 0 Å². The third-order valence-electron chi connectivity index (χ3n) is 7.03. The molecule has 1 saturated heterocycles. The normalized spacial score (nSPS) is 23.2. The van der Waals surface area contributed by atoms with Crippen molar-refractivity contribution in [2.75, 3.05) is 18.4 Å². The lowest BCUT2D eigenvalue weighted by molar-refractivity contribution is -0.0586. The molecule has 2 aromatic rings. The molecule has 3 atom stereocenters. The Bertz CT molecular complexity index is 1040. The summed E-state index contributed by atoms with van der Waals surface area (Å²) in [6, 6.07) is 7.57. The van der Waals surface area contributed by atoms with Crippen LogP contribution in [0.5, 0.6) is 0 Å². The number of nitrogens with one attached hydrogen (secondary N) is 1. The standard InChI is InChI=1S/C27H36N2O3S/c1-16-9-7-8-10-20(16)24(30)28-25-23(26(31)29-14-17(2)32-18(3)15-29)21-12-11-19(27(4,5)6)13-22(21)33-25/h7-10,17-19H,11-15H2,1-6H3,(H,28,30)/t17-,18+,19-/m0/s1. The van der Waals surface area contributed by atoms with Crippen LogP contribution in [0, 0.1) is 18.3 Å². The molecule has 1 aromatic heterocycles. The molecular formula is C27H36N2O3S. The summed E-state index contributed by atoms with van der Waals surface area (Å²) in [5, 5.41) is 3.82. The fraction of sp³-hybridized carbons (Fsp3) is 0.556. The van der Waals surface area contributed by atoms with Gasteiger partial charge < -0.3 is 15.0 Å². The summed E-state index contributed by atoms with van der Waals surface area (Å²) in [5.41, 5.74) is 3.62. The first-order valence-corrected chi connectivity index (χ1v) is 12.8. The molecule has 0 radical (unpaired) electrons. The average molecular weight is 469 g/mol. The van der Waals surface area contributed by atoms with E-state index in [1.54, 1.807) is 11.3 Å². The second-order valence-corrected chi connectivity index (χ2v) is 11.9. The Hall–Kier alpha value is -2.18. The summed E-state index contributed by atoms with van der Waals surface area (Å²) >= 11 is 1.59. The Morgan fingerprint density at radius 1 is 1.12 bits per heavy atom. The zero-order valence-corrected chi connectivity index (χ0v) is 21.5. The highest BCUT2D eigenvalue weighted by Crippen LogP contribution is 2.45. The zero-order valence-electron chi connectivity index (χ0n) is 20.7. The van der Waals surface area contributed by atoms with Crippen molar-refractivity contribution in [2.24, 2.45) is 11.3 Å². The van der Waals surface area contributed by atoms with Gasteiger partial charge in [-0.25, -0.2) is 0 Å². The lowest BCUT2D eigenvalue weighted by Crippen LogP contribution is -2.48. The van der Waals surface area contributed by atoms with Gasteiger partial charge in [0, 0.05) is 23.5 Å². The van der Waals surface area contributed by atoms with Crippen LogP contribution in [-0.2, 0) is 17.6 Å². The molecule has 1 fully saturated rings. The number of anilines is 1. The molecule has 0 bridgehead atoms. The van der Waals surface area contributed by atoms with Crippen LogP contribution in [0.1, 0.15) is 77.8 Å². The molecule has 1 N–H and O–H groups in total. The van der Waals surface area contributed by atoms with E-state index in [1.807, 2.05) is 49.9 Å². The van der Waals surface area contributed by atoms with Crippen molar-refractivity contribution >= 4 is 28.2 Å².